The summed E-state index contributed by atoms with van der Waals surface area (Å²) in [5.41, 5.74) is 3.24. The molecule has 8 nitrogen and oxygen atoms in total. The molecule has 0 radical (unpaired) electrons. The van der Waals surface area contributed by atoms with E-state index in [0.29, 0.717) is 24.5 Å². The third kappa shape index (κ3) is 5.83. The zero-order valence-electron chi connectivity index (χ0n) is 21.3. The highest BCUT2D eigenvalue weighted by Gasteiger charge is 2.34. The molecule has 2 aromatic heterocycles. The minimum Gasteiger partial charge on any atom is -0.497 e. The SMILES string of the molecule is COc1cccc(-c2cnc3c(c2)C(=O)N([C@@H](C)CO)C[C@@H](C)[C@@H](CN(C)Cc2ccncc2)O3)c1. The van der Waals surface area contributed by atoms with Crippen LogP contribution in [-0.2, 0) is 6.54 Å². The topological polar surface area (TPSA) is 88.0 Å². The lowest BCUT2D eigenvalue weighted by Gasteiger charge is -2.37. The largest absolute Gasteiger partial charge is 0.497 e. The molecule has 1 amide bonds. The fraction of sp³-hybridized carbons (Fsp3) is 0.393. The Hall–Kier alpha value is -3.49. The average Bonchev–Trinajstić information content (AvgIpc) is 2.90. The van der Waals surface area contributed by atoms with Crippen LogP contribution < -0.4 is 9.47 Å². The maximum atomic E-state index is 13.7. The van der Waals surface area contributed by atoms with E-state index in [2.05, 4.69) is 28.8 Å². The van der Waals surface area contributed by atoms with Crippen LogP contribution >= 0.6 is 0 Å². The van der Waals surface area contributed by atoms with Gasteiger partial charge >= 0.3 is 0 Å². The van der Waals surface area contributed by atoms with Crippen molar-refractivity contribution >= 4 is 5.91 Å². The Morgan fingerprint density at radius 2 is 2.00 bits per heavy atom. The molecule has 0 saturated heterocycles. The van der Waals surface area contributed by atoms with Crippen molar-refractivity contribution in [1.29, 1.82) is 0 Å². The Balaban J connectivity index is 1.66. The zero-order chi connectivity index (χ0) is 25.7. The smallest absolute Gasteiger partial charge is 0.259 e. The van der Waals surface area contributed by atoms with Gasteiger partial charge in [-0.2, -0.15) is 0 Å². The summed E-state index contributed by atoms with van der Waals surface area (Å²) in [7, 11) is 3.67. The van der Waals surface area contributed by atoms with Crippen LogP contribution in [0, 0.1) is 5.92 Å². The van der Waals surface area contributed by atoms with Gasteiger partial charge in [-0.15, -0.1) is 0 Å². The lowest BCUT2D eigenvalue weighted by atomic mass is 9.99. The molecule has 0 aliphatic carbocycles. The van der Waals surface area contributed by atoms with Crippen LogP contribution in [0.15, 0.2) is 61.1 Å². The number of benzene rings is 1. The van der Waals surface area contributed by atoms with Crippen LogP contribution in [0.4, 0.5) is 0 Å². The first kappa shape index (κ1) is 25.6. The average molecular weight is 491 g/mol. The third-order valence-corrected chi connectivity index (χ3v) is 6.62. The van der Waals surface area contributed by atoms with E-state index in [1.165, 1.54) is 0 Å². The van der Waals surface area contributed by atoms with Gasteiger partial charge in [0.15, 0.2) is 0 Å². The highest BCUT2D eigenvalue weighted by atomic mass is 16.5. The van der Waals surface area contributed by atoms with Crippen molar-refractivity contribution < 1.29 is 19.4 Å². The Kier molecular flexibility index (Phi) is 8.18. The fourth-order valence-corrected chi connectivity index (χ4v) is 4.45. The molecule has 1 N–H and O–H groups in total. The highest BCUT2D eigenvalue weighted by molar-refractivity contribution is 5.98. The molecule has 0 bridgehead atoms. The predicted octanol–water partition coefficient (Wildman–Crippen LogP) is 3.50. The number of aliphatic hydroxyl groups excluding tert-OH is 1. The molecule has 0 unspecified atom stereocenters. The lowest BCUT2D eigenvalue weighted by molar-refractivity contribution is 0.0325. The quantitative estimate of drug-likeness (QED) is 0.517. The van der Waals surface area contributed by atoms with Gasteiger partial charge in [0.1, 0.15) is 17.4 Å². The second kappa shape index (κ2) is 11.5. The number of aromatic nitrogens is 2. The second-order valence-corrected chi connectivity index (χ2v) is 9.48. The number of pyridine rings is 2. The van der Waals surface area contributed by atoms with Crippen molar-refractivity contribution in [2.75, 3.05) is 33.9 Å². The summed E-state index contributed by atoms with van der Waals surface area (Å²) < 4.78 is 11.8. The summed E-state index contributed by atoms with van der Waals surface area (Å²) in [5, 5.41) is 9.90. The molecule has 0 spiro atoms. The van der Waals surface area contributed by atoms with E-state index < -0.39 is 0 Å². The number of amides is 1. The maximum absolute atomic E-state index is 13.7. The molecule has 1 aromatic carbocycles. The molecular formula is C28H34N4O4. The van der Waals surface area contributed by atoms with E-state index in [1.807, 2.05) is 49.4 Å². The Morgan fingerprint density at radius 1 is 1.22 bits per heavy atom. The minimum atomic E-state index is -0.332. The first-order valence-corrected chi connectivity index (χ1v) is 12.2. The van der Waals surface area contributed by atoms with Crippen LogP contribution in [0.3, 0.4) is 0 Å². The van der Waals surface area contributed by atoms with Gasteiger partial charge in [0.05, 0.1) is 19.8 Å². The summed E-state index contributed by atoms with van der Waals surface area (Å²) in [6.07, 6.45) is 5.10. The van der Waals surface area contributed by atoms with E-state index in [-0.39, 0.29) is 30.6 Å². The summed E-state index contributed by atoms with van der Waals surface area (Å²) in [6.45, 7) is 5.68. The normalized spacial score (nSPS) is 18.7. The fourth-order valence-electron chi connectivity index (χ4n) is 4.45. The molecular weight excluding hydrogens is 456 g/mol. The highest BCUT2D eigenvalue weighted by Crippen LogP contribution is 2.31. The van der Waals surface area contributed by atoms with Crippen molar-refractivity contribution in [3.05, 3.63) is 72.2 Å². The standard InChI is InChI=1S/C28H34N4O4/c1-19-15-32(20(2)18-33)28(34)25-13-23(22-6-5-7-24(12-22)35-4)14-30-27(25)36-26(19)17-31(3)16-21-8-10-29-11-9-21/h5-14,19-20,26,33H,15-18H2,1-4H3/t19-,20+,26-/m1/s1. The summed E-state index contributed by atoms with van der Waals surface area (Å²) in [4.78, 5) is 26.3. The first-order valence-electron chi connectivity index (χ1n) is 12.2. The summed E-state index contributed by atoms with van der Waals surface area (Å²) >= 11 is 0. The van der Waals surface area contributed by atoms with Crippen LogP contribution in [0.2, 0.25) is 0 Å². The number of rotatable bonds is 8. The number of nitrogens with zero attached hydrogens (tertiary/aromatic N) is 4. The lowest BCUT2D eigenvalue weighted by Crippen LogP contribution is -2.49. The number of ether oxygens (including phenoxy) is 2. The van der Waals surface area contributed by atoms with E-state index in [9.17, 15) is 9.90 Å². The van der Waals surface area contributed by atoms with Crippen molar-refractivity contribution in [1.82, 2.24) is 19.8 Å². The number of fused-ring (bicyclic) bond motifs is 1. The zero-order valence-corrected chi connectivity index (χ0v) is 21.3. The Morgan fingerprint density at radius 3 is 2.72 bits per heavy atom. The monoisotopic (exact) mass is 490 g/mol. The number of methoxy groups -OCH3 is 1. The van der Waals surface area contributed by atoms with Crippen LogP contribution in [-0.4, -0.2) is 76.8 Å². The number of carbonyl (C=O) groups excluding carboxylic acids is 1. The van der Waals surface area contributed by atoms with Gasteiger partial charge < -0.3 is 19.5 Å². The number of carbonyl (C=O) groups is 1. The molecule has 1 aliphatic rings. The molecule has 1 aliphatic heterocycles. The molecule has 8 heteroatoms. The molecule has 3 heterocycles. The van der Waals surface area contributed by atoms with Gasteiger partial charge in [0.25, 0.3) is 5.91 Å². The molecule has 36 heavy (non-hydrogen) atoms. The molecule has 0 fully saturated rings. The van der Waals surface area contributed by atoms with Crippen molar-refractivity contribution in [3.8, 4) is 22.8 Å². The van der Waals surface area contributed by atoms with Crippen molar-refractivity contribution in [2.45, 2.75) is 32.5 Å². The molecule has 190 valence electrons. The summed E-state index contributed by atoms with van der Waals surface area (Å²) in [6, 6.07) is 13.1. The van der Waals surface area contributed by atoms with Gasteiger partial charge in [-0.3, -0.25) is 14.7 Å². The number of hydrogen-bond acceptors (Lipinski definition) is 7. The van der Waals surface area contributed by atoms with Crippen LogP contribution in [0.25, 0.3) is 11.1 Å². The van der Waals surface area contributed by atoms with Gasteiger partial charge in [-0.05, 0) is 55.4 Å². The molecule has 0 saturated carbocycles. The van der Waals surface area contributed by atoms with E-state index in [0.717, 1.165) is 29.0 Å². The van der Waals surface area contributed by atoms with Crippen molar-refractivity contribution in [3.63, 3.8) is 0 Å². The number of likely N-dealkylation sites (N-methyl/N-ethyl adjacent to an activating group) is 1. The summed E-state index contributed by atoms with van der Waals surface area (Å²) in [5.74, 6) is 0.870. The molecule has 3 atom stereocenters. The van der Waals surface area contributed by atoms with E-state index in [1.54, 1.807) is 30.6 Å². The van der Waals surface area contributed by atoms with E-state index in [4.69, 9.17) is 9.47 Å². The second-order valence-electron chi connectivity index (χ2n) is 9.48. The van der Waals surface area contributed by atoms with Crippen LogP contribution in [0.1, 0.15) is 29.8 Å². The Labute approximate surface area is 212 Å². The minimum absolute atomic E-state index is 0.0239. The third-order valence-electron chi connectivity index (χ3n) is 6.62. The molecule has 4 rings (SSSR count). The first-order chi connectivity index (χ1) is 17.4. The van der Waals surface area contributed by atoms with Gasteiger partial charge in [-0.1, -0.05) is 19.1 Å². The van der Waals surface area contributed by atoms with E-state index >= 15 is 0 Å². The molecule has 3 aromatic rings. The number of hydrogen-bond donors (Lipinski definition) is 1. The predicted molar refractivity (Wildman–Crippen MR) is 138 cm³/mol. The maximum Gasteiger partial charge on any atom is 0.259 e. The van der Waals surface area contributed by atoms with Crippen LogP contribution in [0.5, 0.6) is 11.6 Å². The van der Waals surface area contributed by atoms with Gasteiger partial charge in [0.2, 0.25) is 5.88 Å². The van der Waals surface area contributed by atoms with Gasteiger partial charge in [0, 0.05) is 49.7 Å². The Bertz CT molecular complexity index is 1170. The number of aliphatic hydroxyl groups is 1. The van der Waals surface area contributed by atoms with Crippen molar-refractivity contribution in [2.24, 2.45) is 5.92 Å². The van der Waals surface area contributed by atoms with Gasteiger partial charge in [-0.25, -0.2) is 4.98 Å².